The van der Waals surface area contributed by atoms with Crippen molar-refractivity contribution in [2.75, 3.05) is 10.2 Å². The number of amides is 1. The largest absolute Gasteiger partial charge is 0.489 e. The van der Waals surface area contributed by atoms with Crippen LogP contribution in [0, 0.1) is 0 Å². The maximum Gasteiger partial charge on any atom is 0.471 e. The van der Waals surface area contributed by atoms with Gasteiger partial charge in [-0.1, -0.05) is 91.0 Å². The SMILES string of the molecule is O=C1C[C@@H](c2ccccc2)CC2=C1[C@@H](c1ccccc1OCc1ccccc1)N(C(=O)C(F)(F)F)c1ccccc1N2. The summed E-state index contributed by atoms with van der Waals surface area (Å²) in [6.45, 7) is 0.155. The van der Waals surface area contributed by atoms with Crippen LogP contribution in [0.1, 0.15) is 41.5 Å². The van der Waals surface area contributed by atoms with Gasteiger partial charge in [-0.3, -0.25) is 14.5 Å². The number of halogens is 3. The van der Waals surface area contributed by atoms with Gasteiger partial charge in [0.15, 0.2) is 5.78 Å². The monoisotopic (exact) mass is 568 g/mol. The Bertz CT molecular complexity index is 1650. The van der Waals surface area contributed by atoms with E-state index in [0.717, 1.165) is 11.1 Å². The van der Waals surface area contributed by atoms with Crippen molar-refractivity contribution in [2.24, 2.45) is 0 Å². The van der Waals surface area contributed by atoms with Crippen LogP contribution in [0.2, 0.25) is 0 Å². The quantitative estimate of drug-likeness (QED) is 0.268. The predicted octanol–water partition coefficient (Wildman–Crippen LogP) is 7.73. The Morgan fingerprint density at radius 3 is 2.21 bits per heavy atom. The molecule has 212 valence electrons. The van der Waals surface area contributed by atoms with Crippen LogP contribution in [-0.4, -0.2) is 17.9 Å². The van der Waals surface area contributed by atoms with Crippen LogP contribution >= 0.6 is 0 Å². The molecular weight excluding hydrogens is 541 g/mol. The minimum atomic E-state index is -5.19. The van der Waals surface area contributed by atoms with E-state index in [1.54, 1.807) is 42.5 Å². The van der Waals surface area contributed by atoms with E-state index in [9.17, 15) is 22.8 Å². The zero-order valence-corrected chi connectivity index (χ0v) is 22.5. The summed E-state index contributed by atoms with van der Waals surface area (Å²) in [5.41, 5.74) is 3.09. The van der Waals surface area contributed by atoms with Gasteiger partial charge in [-0.25, -0.2) is 0 Å². The lowest BCUT2D eigenvalue weighted by Crippen LogP contribution is -2.45. The van der Waals surface area contributed by atoms with Gasteiger partial charge in [-0.05, 0) is 41.7 Å². The minimum absolute atomic E-state index is 0.0288. The molecule has 1 amide bonds. The van der Waals surface area contributed by atoms with Crippen molar-refractivity contribution in [2.45, 2.75) is 37.6 Å². The Morgan fingerprint density at radius 2 is 1.48 bits per heavy atom. The fourth-order valence-electron chi connectivity index (χ4n) is 5.78. The van der Waals surface area contributed by atoms with Crippen molar-refractivity contribution in [1.29, 1.82) is 0 Å². The Kier molecular flexibility index (Phi) is 7.29. The molecule has 42 heavy (non-hydrogen) atoms. The molecule has 5 nitrogen and oxygen atoms in total. The molecule has 6 rings (SSSR count). The van der Waals surface area contributed by atoms with E-state index < -0.39 is 18.1 Å². The smallest absolute Gasteiger partial charge is 0.471 e. The molecule has 1 heterocycles. The maximum atomic E-state index is 14.3. The molecule has 4 aromatic carbocycles. The van der Waals surface area contributed by atoms with Gasteiger partial charge in [0.2, 0.25) is 0 Å². The number of carbonyl (C=O) groups is 2. The number of nitrogens with one attached hydrogen (secondary N) is 1. The van der Waals surface area contributed by atoms with Crippen LogP contribution in [0.4, 0.5) is 24.5 Å². The molecule has 2 aliphatic rings. The summed E-state index contributed by atoms with van der Waals surface area (Å²) >= 11 is 0. The number of alkyl halides is 3. The van der Waals surface area contributed by atoms with Gasteiger partial charge in [-0.2, -0.15) is 13.2 Å². The van der Waals surface area contributed by atoms with Gasteiger partial charge in [-0.15, -0.1) is 0 Å². The van der Waals surface area contributed by atoms with E-state index in [1.165, 1.54) is 6.07 Å². The van der Waals surface area contributed by atoms with Crippen molar-refractivity contribution in [3.8, 4) is 5.75 Å². The third-order valence-electron chi connectivity index (χ3n) is 7.67. The number of fused-ring (bicyclic) bond motifs is 1. The fraction of sp³-hybridized carbons (Fsp3) is 0.176. The molecular formula is C34H27F3N2O3. The second-order valence-electron chi connectivity index (χ2n) is 10.4. The minimum Gasteiger partial charge on any atom is -0.489 e. The van der Waals surface area contributed by atoms with Gasteiger partial charge in [0.25, 0.3) is 0 Å². The number of hydrogen-bond acceptors (Lipinski definition) is 4. The number of allylic oxidation sites excluding steroid dienone is 1. The third kappa shape index (κ3) is 5.28. The van der Waals surface area contributed by atoms with Crippen LogP contribution < -0.4 is 15.0 Å². The van der Waals surface area contributed by atoms with E-state index >= 15 is 0 Å². The molecule has 8 heteroatoms. The molecule has 2 atom stereocenters. The summed E-state index contributed by atoms with van der Waals surface area (Å²) in [7, 11) is 0. The Morgan fingerprint density at radius 1 is 0.833 bits per heavy atom. The molecule has 4 aromatic rings. The number of nitrogens with zero attached hydrogens (tertiary/aromatic N) is 1. The lowest BCUT2D eigenvalue weighted by Gasteiger charge is -2.36. The Balaban J connectivity index is 1.54. The summed E-state index contributed by atoms with van der Waals surface area (Å²) in [5.74, 6) is -2.28. The number of Topliss-reactive ketones (excluding diaryl/α,β-unsaturated/α-hetero) is 1. The first-order chi connectivity index (χ1) is 20.3. The summed E-state index contributed by atoms with van der Waals surface area (Å²) in [4.78, 5) is 28.0. The fourth-order valence-corrected chi connectivity index (χ4v) is 5.78. The Hall–Kier alpha value is -4.85. The number of rotatable bonds is 5. The lowest BCUT2D eigenvalue weighted by molar-refractivity contribution is -0.170. The normalized spacial score (nSPS) is 18.5. The highest BCUT2D eigenvalue weighted by atomic mass is 19.4. The molecule has 0 bridgehead atoms. The number of anilines is 2. The number of ketones is 1. The van der Waals surface area contributed by atoms with E-state index in [0.29, 0.717) is 28.3 Å². The molecule has 1 aliphatic heterocycles. The number of hydrogen-bond donors (Lipinski definition) is 1. The van der Waals surface area contributed by atoms with Crippen LogP contribution in [0.15, 0.2) is 120 Å². The topological polar surface area (TPSA) is 58.6 Å². The molecule has 0 aromatic heterocycles. The average molecular weight is 569 g/mol. The number of carbonyl (C=O) groups excluding carboxylic acids is 2. The highest BCUT2D eigenvalue weighted by molar-refractivity contribution is 6.08. The predicted molar refractivity (Wildman–Crippen MR) is 154 cm³/mol. The summed E-state index contributed by atoms with van der Waals surface area (Å²) in [6.07, 6.45) is -4.71. The van der Waals surface area contributed by atoms with Crippen molar-refractivity contribution in [3.05, 3.63) is 137 Å². The van der Waals surface area contributed by atoms with Gasteiger partial charge >= 0.3 is 12.1 Å². The number of para-hydroxylation sites is 3. The highest BCUT2D eigenvalue weighted by Gasteiger charge is 2.50. The first-order valence-corrected chi connectivity index (χ1v) is 13.6. The van der Waals surface area contributed by atoms with Crippen LogP contribution in [0.5, 0.6) is 5.75 Å². The maximum absolute atomic E-state index is 14.3. The molecule has 0 unspecified atom stereocenters. The molecule has 0 fully saturated rings. The van der Waals surface area contributed by atoms with E-state index in [1.807, 2.05) is 60.7 Å². The summed E-state index contributed by atoms with van der Waals surface area (Å²) < 4.78 is 49.0. The van der Waals surface area contributed by atoms with Crippen LogP contribution in [0.3, 0.4) is 0 Å². The molecule has 0 saturated carbocycles. The average Bonchev–Trinajstić information content (AvgIpc) is 3.15. The summed E-state index contributed by atoms with van der Waals surface area (Å²) in [5, 5.41) is 3.26. The molecule has 1 aliphatic carbocycles. The van der Waals surface area contributed by atoms with Crippen LogP contribution in [-0.2, 0) is 16.2 Å². The van der Waals surface area contributed by atoms with Gasteiger partial charge < -0.3 is 10.1 Å². The second kappa shape index (κ2) is 11.2. The van der Waals surface area contributed by atoms with E-state index in [-0.39, 0.29) is 41.7 Å². The van der Waals surface area contributed by atoms with Crippen molar-refractivity contribution >= 4 is 23.1 Å². The van der Waals surface area contributed by atoms with Crippen molar-refractivity contribution in [3.63, 3.8) is 0 Å². The number of benzene rings is 4. The molecule has 0 radical (unpaired) electrons. The highest BCUT2D eigenvalue weighted by Crippen LogP contribution is 2.50. The molecule has 0 saturated heterocycles. The Labute approximate surface area is 241 Å². The zero-order chi connectivity index (χ0) is 29.3. The molecule has 1 N–H and O–H groups in total. The van der Waals surface area contributed by atoms with Crippen molar-refractivity contribution in [1.82, 2.24) is 0 Å². The summed E-state index contributed by atoms with van der Waals surface area (Å²) in [6, 6.07) is 30.5. The van der Waals surface area contributed by atoms with Gasteiger partial charge in [0.1, 0.15) is 12.4 Å². The van der Waals surface area contributed by atoms with Crippen molar-refractivity contribution < 1.29 is 27.5 Å². The van der Waals surface area contributed by atoms with Gasteiger partial charge in [0, 0.05) is 23.3 Å². The number of ether oxygens (including phenoxy) is 1. The first-order valence-electron chi connectivity index (χ1n) is 13.6. The lowest BCUT2D eigenvalue weighted by atomic mass is 9.78. The van der Waals surface area contributed by atoms with Crippen LogP contribution in [0.25, 0.3) is 0 Å². The third-order valence-corrected chi connectivity index (χ3v) is 7.67. The van der Waals surface area contributed by atoms with E-state index in [2.05, 4.69) is 5.32 Å². The first kappa shape index (κ1) is 27.3. The molecule has 0 spiro atoms. The zero-order valence-electron chi connectivity index (χ0n) is 22.5. The second-order valence-corrected chi connectivity index (χ2v) is 10.4. The standard InChI is InChI=1S/C34H27F3N2O3/c35-34(36,37)33(41)39-28-17-9-8-16-26(28)38-27-19-24(23-13-5-2-6-14-23)20-29(40)31(27)32(39)25-15-7-10-18-30(25)42-21-22-11-3-1-4-12-22/h1-18,24,32,38H,19-21H2/t24-,32+/m0/s1. The van der Waals surface area contributed by atoms with E-state index in [4.69, 9.17) is 4.74 Å². The van der Waals surface area contributed by atoms with Gasteiger partial charge in [0.05, 0.1) is 17.4 Å².